The number of hydrogen-bond acceptors (Lipinski definition) is 2. The van der Waals surface area contributed by atoms with Gasteiger partial charge in [0, 0.05) is 7.05 Å². The minimum absolute atomic E-state index is 0.372. The lowest BCUT2D eigenvalue weighted by atomic mass is 10.3. The van der Waals surface area contributed by atoms with Crippen molar-refractivity contribution >= 4 is 28.6 Å². The zero-order valence-electron chi connectivity index (χ0n) is 8.48. The molecule has 16 heavy (non-hydrogen) atoms. The number of nitrogens with zero attached hydrogens (tertiary/aromatic N) is 2. The molecule has 1 heterocycles. The van der Waals surface area contributed by atoms with Crippen LogP contribution in [0.5, 0.6) is 0 Å². The lowest BCUT2D eigenvalue weighted by Gasteiger charge is -1.99. The summed E-state index contributed by atoms with van der Waals surface area (Å²) in [5, 5.41) is 9.11. The molecule has 0 saturated heterocycles. The maximum Gasteiger partial charge on any atom is 0.329 e. The van der Waals surface area contributed by atoms with Gasteiger partial charge >= 0.3 is 11.7 Å². The average molecular weight is 241 g/mol. The Morgan fingerprint density at radius 2 is 2.19 bits per heavy atom. The first-order valence-corrected chi connectivity index (χ1v) is 4.95. The molecule has 1 aromatic carbocycles. The molecule has 0 atom stereocenters. The van der Waals surface area contributed by atoms with Crippen LogP contribution in [0.1, 0.15) is 0 Å². The summed E-state index contributed by atoms with van der Waals surface area (Å²) in [5.41, 5.74) is 0.698. The van der Waals surface area contributed by atoms with Gasteiger partial charge in [0.1, 0.15) is 6.54 Å². The number of carboxylic acid groups (broad SMARTS) is 1. The van der Waals surface area contributed by atoms with Crippen LogP contribution in [0.15, 0.2) is 23.0 Å². The highest BCUT2D eigenvalue weighted by atomic mass is 35.5. The number of rotatable bonds is 2. The lowest BCUT2D eigenvalue weighted by Crippen LogP contribution is -2.25. The summed E-state index contributed by atoms with van der Waals surface area (Å²) < 4.78 is 2.53. The molecular weight excluding hydrogens is 232 g/mol. The second-order valence-corrected chi connectivity index (χ2v) is 3.84. The van der Waals surface area contributed by atoms with Crippen molar-refractivity contribution in [3.8, 4) is 0 Å². The van der Waals surface area contributed by atoms with Crippen molar-refractivity contribution in [2.45, 2.75) is 6.54 Å². The number of carbonyl (C=O) groups is 1. The van der Waals surface area contributed by atoms with Gasteiger partial charge in [0.2, 0.25) is 0 Å². The molecule has 6 heteroatoms. The predicted molar refractivity (Wildman–Crippen MR) is 59.8 cm³/mol. The van der Waals surface area contributed by atoms with Crippen LogP contribution in [-0.4, -0.2) is 20.2 Å². The van der Waals surface area contributed by atoms with Crippen molar-refractivity contribution in [2.24, 2.45) is 7.05 Å². The molecule has 84 valence electrons. The van der Waals surface area contributed by atoms with Gasteiger partial charge in [-0.05, 0) is 12.1 Å². The first-order valence-electron chi connectivity index (χ1n) is 4.58. The summed E-state index contributed by atoms with van der Waals surface area (Å²) >= 11 is 5.96. The highest BCUT2D eigenvalue weighted by Gasteiger charge is 2.14. The number of carboxylic acids is 1. The molecule has 0 aliphatic carbocycles. The van der Waals surface area contributed by atoms with Gasteiger partial charge in [0.25, 0.3) is 0 Å². The molecule has 2 rings (SSSR count). The van der Waals surface area contributed by atoms with E-state index in [-0.39, 0.29) is 12.2 Å². The van der Waals surface area contributed by atoms with Crippen LogP contribution in [0.2, 0.25) is 5.02 Å². The SMILES string of the molecule is Cn1c(=O)n(CC(=O)O)c2c(Cl)cccc21. The van der Waals surface area contributed by atoms with Gasteiger partial charge in [-0.15, -0.1) is 0 Å². The smallest absolute Gasteiger partial charge is 0.329 e. The van der Waals surface area contributed by atoms with E-state index in [1.807, 2.05) is 0 Å². The van der Waals surface area contributed by atoms with Gasteiger partial charge < -0.3 is 5.11 Å². The summed E-state index contributed by atoms with van der Waals surface area (Å²) in [6, 6.07) is 5.07. The second kappa shape index (κ2) is 3.68. The minimum Gasteiger partial charge on any atom is -0.480 e. The zero-order valence-corrected chi connectivity index (χ0v) is 9.23. The number of fused-ring (bicyclic) bond motifs is 1. The molecule has 0 fully saturated rings. The van der Waals surface area contributed by atoms with E-state index in [0.717, 1.165) is 4.57 Å². The van der Waals surface area contributed by atoms with E-state index < -0.39 is 5.97 Å². The molecule has 5 nitrogen and oxygen atoms in total. The number of para-hydroxylation sites is 1. The lowest BCUT2D eigenvalue weighted by molar-refractivity contribution is -0.137. The van der Waals surface area contributed by atoms with Crippen LogP contribution in [-0.2, 0) is 18.4 Å². The first kappa shape index (κ1) is 10.8. The molecular formula is C10H9ClN2O3. The minimum atomic E-state index is -1.07. The van der Waals surface area contributed by atoms with E-state index in [0.29, 0.717) is 16.1 Å². The Hall–Kier alpha value is -1.75. The molecule has 0 unspecified atom stereocenters. The Morgan fingerprint density at radius 3 is 2.81 bits per heavy atom. The largest absolute Gasteiger partial charge is 0.480 e. The van der Waals surface area contributed by atoms with Crippen molar-refractivity contribution in [1.29, 1.82) is 0 Å². The van der Waals surface area contributed by atoms with E-state index in [9.17, 15) is 9.59 Å². The molecule has 0 amide bonds. The van der Waals surface area contributed by atoms with Crippen LogP contribution < -0.4 is 5.69 Å². The van der Waals surface area contributed by atoms with Crippen molar-refractivity contribution in [1.82, 2.24) is 9.13 Å². The zero-order chi connectivity index (χ0) is 11.9. The van der Waals surface area contributed by atoms with Crippen LogP contribution in [0.4, 0.5) is 0 Å². The summed E-state index contributed by atoms with van der Waals surface area (Å²) in [6.45, 7) is -0.389. The van der Waals surface area contributed by atoms with E-state index >= 15 is 0 Å². The number of aryl methyl sites for hydroxylation is 1. The average Bonchev–Trinajstić information content (AvgIpc) is 2.45. The molecule has 0 radical (unpaired) electrons. The Labute approximate surface area is 95.5 Å². The van der Waals surface area contributed by atoms with Crippen molar-refractivity contribution < 1.29 is 9.90 Å². The summed E-state index contributed by atoms with van der Waals surface area (Å²) in [4.78, 5) is 22.5. The maximum atomic E-state index is 11.8. The standard InChI is InChI=1S/C10H9ClN2O3/c1-12-7-4-2-3-6(11)9(7)13(10(12)16)5-8(14)15/h2-4H,5H2,1H3,(H,14,15). The fraction of sp³-hybridized carbons (Fsp3) is 0.200. The summed E-state index contributed by atoms with van der Waals surface area (Å²) in [7, 11) is 1.58. The van der Waals surface area contributed by atoms with Crippen molar-refractivity contribution in [3.63, 3.8) is 0 Å². The monoisotopic (exact) mass is 240 g/mol. The molecule has 0 spiro atoms. The Bertz CT molecular complexity index is 627. The third-order valence-electron chi connectivity index (χ3n) is 2.41. The number of imidazole rings is 1. The number of aliphatic carboxylic acids is 1. The number of hydrogen-bond donors (Lipinski definition) is 1. The van der Waals surface area contributed by atoms with Gasteiger partial charge in [0.15, 0.2) is 0 Å². The topological polar surface area (TPSA) is 64.2 Å². The molecule has 1 N–H and O–H groups in total. The van der Waals surface area contributed by atoms with Gasteiger partial charge in [-0.3, -0.25) is 13.9 Å². The van der Waals surface area contributed by atoms with Crippen LogP contribution in [0.25, 0.3) is 11.0 Å². The van der Waals surface area contributed by atoms with Crippen molar-refractivity contribution in [2.75, 3.05) is 0 Å². The van der Waals surface area contributed by atoms with E-state index in [4.69, 9.17) is 16.7 Å². The Morgan fingerprint density at radius 1 is 1.50 bits per heavy atom. The summed E-state index contributed by atoms with van der Waals surface area (Å²) in [5.74, 6) is -1.07. The van der Waals surface area contributed by atoms with Gasteiger partial charge in [-0.1, -0.05) is 17.7 Å². The normalized spacial score (nSPS) is 10.9. The third kappa shape index (κ3) is 1.49. The van der Waals surface area contributed by atoms with E-state index in [2.05, 4.69) is 0 Å². The molecule has 0 aliphatic heterocycles. The second-order valence-electron chi connectivity index (χ2n) is 3.43. The predicted octanol–water partition coefficient (Wildman–Crippen LogP) is 1.08. The molecule has 2 aromatic rings. The van der Waals surface area contributed by atoms with Crippen LogP contribution in [0, 0.1) is 0 Å². The summed E-state index contributed by atoms with van der Waals surface area (Å²) in [6.07, 6.45) is 0. The number of aromatic nitrogens is 2. The third-order valence-corrected chi connectivity index (χ3v) is 2.71. The molecule has 0 saturated carbocycles. The fourth-order valence-electron chi connectivity index (χ4n) is 1.70. The number of halogens is 1. The fourth-order valence-corrected chi connectivity index (χ4v) is 1.98. The van der Waals surface area contributed by atoms with Crippen molar-refractivity contribution in [3.05, 3.63) is 33.7 Å². The Kier molecular flexibility index (Phi) is 2.47. The quantitative estimate of drug-likeness (QED) is 0.854. The highest BCUT2D eigenvalue weighted by Crippen LogP contribution is 2.21. The van der Waals surface area contributed by atoms with Crippen LogP contribution >= 0.6 is 11.6 Å². The highest BCUT2D eigenvalue weighted by molar-refractivity contribution is 6.35. The number of benzene rings is 1. The molecule has 1 aromatic heterocycles. The molecule has 0 aliphatic rings. The van der Waals surface area contributed by atoms with E-state index in [1.54, 1.807) is 25.2 Å². The Balaban J connectivity index is 2.86. The van der Waals surface area contributed by atoms with Gasteiger partial charge in [0.05, 0.1) is 16.1 Å². The van der Waals surface area contributed by atoms with E-state index in [1.165, 1.54) is 4.57 Å². The van der Waals surface area contributed by atoms with Gasteiger partial charge in [-0.25, -0.2) is 4.79 Å². The maximum absolute atomic E-state index is 11.8. The van der Waals surface area contributed by atoms with Gasteiger partial charge in [-0.2, -0.15) is 0 Å². The molecule has 0 bridgehead atoms. The van der Waals surface area contributed by atoms with Crippen LogP contribution in [0.3, 0.4) is 0 Å². The first-order chi connectivity index (χ1) is 7.52.